The molecular formula is C10H21N3O. The molecule has 1 rings (SSSR count). The van der Waals surface area contributed by atoms with Crippen LogP contribution < -0.4 is 16.0 Å². The van der Waals surface area contributed by atoms with Gasteiger partial charge in [-0.05, 0) is 33.6 Å². The Hall–Kier alpha value is -0.770. The van der Waals surface area contributed by atoms with Gasteiger partial charge in [-0.3, -0.25) is 0 Å². The molecule has 0 atom stereocenters. The Morgan fingerprint density at radius 3 is 2.43 bits per heavy atom. The molecule has 14 heavy (non-hydrogen) atoms. The molecular weight excluding hydrogens is 178 g/mol. The van der Waals surface area contributed by atoms with Crippen molar-refractivity contribution in [1.82, 2.24) is 16.0 Å². The topological polar surface area (TPSA) is 53.2 Å². The van der Waals surface area contributed by atoms with Crippen molar-refractivity contribution in [3.8, 4) is 0 Å². The van der Waals surface area contributed by atoms with Gasteiger partial charge >= 0.3 is 6.03 Å². The van der Waals surface area contributed by atoms with Gasteiger partial charge in [0.1, 0.15) is 0 Å². The fourth-order valence-corrected chi connectivity index (χ4v) is 1.12. The Kier molecular flexibility index (Phi) is 3.75. The largest absolute Gasteiger partial charge is 0.337 e. The molecule has 0 heterocycles. The van der Waals surface area contributed by atoms with Gasteiger partial charge in [0.05, 0.1) is 0 Å². The molecule has 4 nitrogen and oxygen atoms in total. The number of hydrogen-bond acceptors (Lipinski definition) is 2. The summed E-state index contributed by atoms with van der Waals surface area (Å²) in [6.45, 7) is 7.46. The van der Waals surface area contributed by atoms with E-state index in [-0.39, 0.29) is 11.6 Å². The fraction of sp³-hybridized carbons (Fsp3) is 0.900. The Bertz CT molecular complexity index is 194. The molecule has 82 valence electrons. The number of nitrogens with one attached hydrogen (secondary N) is 3. The lowest BCUT2D eigenvalue weighted by molar-refractivity contribution is 0.232. The number of hydrogen-bond donors (Lipinski definition) is 3. The van der Waals surface area contributed by atoms with Crippen molar-refractivity contribution < 1.29 is 4.79 Å². The van der Waals surface area contributed by atoms with E-state index >= 15 is 0 Å². The highest BCUT2D eigenvalue weighted by molar-refractivity contribution is 5.74. The molecule has 0 saturated heterocycles. The van der Waals surface area contributed by atoms with E-state index in [0.29, 0.717) is 12.6 Å². The minimum absolute atomic E-state index is 0.0879. The molecule has 4 heteroatoms. The van der Waals surface area contributed by atoms with E-state index in [1.54, 1.807) is 0 Å². The van der Waals surface area contributed by atoms with E-state index in [1.165, 1.54) is 12.8 Å². The van der Waals surface area contributed by atoms with Crippen LogP contribution in [0, 0.1) is 0 Å². The Morgan fingerprint density at radius 1 is 1.29 bits per heavy atom. The van der Waals surface area contributed by atoms with Gasteiger partial charge in [-0.25, -0.2) is 4.79 Å². The number of amides is 2. The predicted octanol–water partition coefficient (Wildman–Crippen LogP) is 0.836. The van der Waals surface area contributed by atoms with Gasteiger partial charge in [0.15, 0.2) is 0 Å². The molecule has 0 aliphatic heterocycles. The Morgan fingerprint density at radius 2 is 1.93 bits per heavy atom. The first kappa shape index (κ1) is 11.3. The normalized spacial score (nSPS) is 16.5. The SMILES string of the molecule is CC(C)(C)NC(=O)NCCNC1CC1. The lowest BCUT2D eigenvalue weighted by Crippen LogP contribution is -2.47. The van der Waals surface area contributed by atoms with Crippen LogP contribution >= 0.6 is 0 Å². The van der Waals surface area contributed by atoms with Gasteiger partial charge in [0, 0.05) is 24.7 Å². The average Bonchev–Trinajstić information content (AvgIpc) is 2.77. The predicted molar refractivity (Wildman–Crippen MR) is 57.3 cm³/mol. The molecule has 3 N–H and O–H groups in total. The third-order valence-electron chi connectivity index (χ3n) is 1.91. The minimum atomic E-state index is -0.159. The zero-order valence-corrected chi connectivity index (χ0v) is 9.31. The van der Waals surface area contributed by atoms with E-state index in [9.17, 15) is 4.79 Å². The molecule has 0 aromatic carbocycles. The Balaban J connectivity index is 1.96. The molecule has 1 saturated carbocycles. The van der Waals surface area contributed by atoms with E-state index in [4.69, 9.17) is 0 Å². The van der Waals surface area contributed by atoms with Crippen LogP contribution in [0.5, 0.6) is 0 Å². The van der Waals surface area contributed by atoms with Crippen molar-refractivity contribution in [3.05, 3.63) is 0 Å². The molecule has 0 unspecified atom stereocenters. The van der Waals surface area contributed by atoms with Crippen LogP contribution in [0.2, 0.25) is 0 Å². The average molecular weight is 199 g/mol. The number of rotatable bonds is 4. The van der Waals surface area contributed by atoms with Crippen LogP contribution in [0.4, 0.5) is 4.79 Å². The van der Waals surface area contributed by atoms with Crippen molar-refractivity contribution in [2.24, 2.45) is 0 Å². The van der Waals surface area contributed by atoms with Crippen LogP contribution in [0.25, 0.3) is 0 Å². The van der Waals surface area contributed by atoms with Gasteiger partial charge in [0.2, 0.25) is 0 Å². The first-order chi connectivity index (χ1) is 6.47. The van der Waals surface area contributed by atoms with Gasteiger partial charge in [0.25, 0.3) is 0 Å². The Labute approximate surface area is 85.8 Å². The highest BCUT2D eigenvalue weighted by atomic mass is 16.2. The highest BCUT2D eigenvalue weighted by Crippen LogP contribution is 2.17. The molecule has 1 fully saturated rings. The highest BCUT2D eigenvalue weighted by Gasteiger charge is 2.19. The third-order valence-corrected chi connectivity index (χ3v) is 1.91. The van der Waals surface area contributed by atoms with E-state index < -0.39 is 0 Å². The molecule has 0 radical (unpaired) electrons. The van der Waals surface area contributed by atoms with Crippen LogP contribution in [-0.2, 0) is 0 Å². The summed E-state index contributed by atoms with van der Waals surface area (Å²) in [6.07, 6.45) is 2.57. The molecule has 0 aromatic rings. The van der Waals surface area contributed by atoms with Crippen molar-refractivity contribution in [2.75, 3.05) is 13.1 Å². The van der Waals surface area contributed by atoms with Gasteiger partial charge in [-0.1, -0.05) is 0 Å². The molecule has 2 amide bonds. The van der Waals surface area contributed by atoms with Crippen LogP contribution in [0.15, 0.2) is 0 Å². The summed E-state index contributed by atoms with van der Waals surface area (Å²) in [6, 6.07) is 0.623. The van der Waals surface area contributed by atoms with Gasteiger partial charge < -0.3 is 16.0 Å². The maximum Gasteiger partial charge on any atom is 0.315 e. The van der Waals surface area contributed by atoms with Gasteiger partial charge in [-0.2, -0.15) is 0 Å². The number of carbonyl (C=O) groups excluding carboxylic acids is 1. The second-order valence-electron chi connectivity index (χ2n) is 4.86. The van der Waals surface area contributed by atoms with E-state index in [2.05, 4.69) is 16.0 Å². The molecule has 1 aliphatic carbocycles. The second kappa shape index (κ2) is 4.64. The zero-order chi connectivity index (χ0) is 10.6. The second-order valence-corrected chi connectivity index (χ2v) is 4.86. The van der Waals surface area contributed by atoms with Crippen molar-refractivity contribution in [2.45, 2.75) is 45.2 Å². The van der Waals surface area contributed by atoms with Crippen LogP contribution in [0.1, 0.15) is 33.6 Å². The van der Waals surface area contributed by atoms with Crippen molar-refractivity contribution >= 4 is 6.03 Å². The summed E-state index contributed by atoms with van der Waals surface area (Å²) < 4.78 is 0. The minimum Gasteiger partial charge on any atom is -0.337 e. The summed E-state index contributed by atoms with van der Waals surface area (Å²) in [5.74, 6) is 0. The lowest BCUT2D eigenvalue weighted by atomic mass is 10.1. The van der Waals surface area contributed by atoms with Crippen LogP contribution in [0.3, 0.4) is 0 Å². The number of urea groups is 1. The quantitative estimate of drug-likeness (QED) is 0.588. The summed E-state index contributed by atoms with van der Waals surface area (Å²) in [7, 11) is 0. The van der Waals surface area contributed by atoms with Crippen molar-refractivity contribution in [1.29, 1.82) is 0 Å². The maximum atomic E-state index is 11.3. The standard InChI is InChI=1S/C10H21N3O/c1-10(2,3)13-9(14)12-7-6-11-8-4-5-8/h8,11H,4-7H2,1-3H3,(H2,12,13,14). The summed E-state index contributed by atoms with van der Waals surface area (Å²) in [4.78, 5) is 11.3. The zero-order valence-electron chi connectivity index (χ0n) is 9.31. The number of carbonyl (C=O) groups is 1. The maximum absolute atomic E-state index is 11.3. The molecule has 0 spiro atoms. The first-order valence-corrected chi connectivity index (χ1v) is 5.27. The molecule has 0 bridgehead atoms. The van der Waals surface area contributed by atoms with Gasteiger partial charge in [-0.15, -0.1) is 0 Å². The molecule has 0 aromatic heterocycles. The summed E-state index contributed by atoms with van der Waals surface area (Å²) in [5, 5.41) is 8.99. The monoisotopic (exact) mass is 199 g/mol. The van der Waals surface area contributed by atoms with Crippen LogP contribution in [-0.4, -0.2) is 30.7 Å². The summed E-state index contributed by atoms with van der Waals surface area (Å²) >= 11 is 0. The summed E-state index contributed by atoms with van der Waals surface area (Å²) in [5.41, 5.74) is -0.159. The third kappa shape index (κ3) is 5.80. The lowest BCUT2D eigenvalue weighted by Gasteiger charge is -2.20. The van der Waals surface area contributed by atoms with Crippen molar-refractivity contribution in [3.63, 3.8) is 0 Å². The first-order valence-electron chi connectivity index (χ1n) is 5.27. The molecule has 1 aliphatic rings. The smallest absolute Gasteiger partial charge is 0.315 e. The fourth-order valence-electron chi connectivity index (χ4n) is 1.12. The van der Waals surface area contributed by atoms with E-state index in [1.807, 2.05) is 20.8 Å². The van der Waals surface area contributed by atoms with E-state index in [0.717, 1.165) is 6.54 Å².